The van der Waals surface area contributed by atoms with Crippen LogP contribution in [0.15, 0.2) is 42.6 Å². The zero-order chi connectivity index (χ0) is 18.7. The van der Waals surface area contributed by atoms with Crippen molar-refractivity contribution in [3.05, 3.63) is 51.7 Å². The number of fused-ring (bicyclic) bond motifs is 1. The van der Waals surface area contributed by atoms with Gasteiger partial charge >= 0.3 is 0 Å². The lowest BCUT2D eigenvalue weighted by molar-refractivity contribution is 0.170. The fraction of sp³-hybridized carbons (Fsp3) is 0.250. The lowest BCUT2D eigenvalue weighted by atomic mass is 10.1. The summed E-state index contributed by atoms with van der Waals surface area (Å²) in [6.07, 6.45) is 1.72. The molecule has 1 N–H and O–H groups in total. The molecule has 0 aliphatic carbocycles. The molecule has 1 heterocycles. The molecule has 2 aromatic carbocycles. The highest BCUT2D eigenvalue weighted by Crippen LogP contribution is 2.38. The highest BCUT2D eigenvalue weighted by Gasteiger charge is 2.16. The van der Waals surface area contributed by atoms with Crippen molar-refractivity contribution >= 4 is 33.5 Å². The molecule has 1 unspecified atom stereocenters. The van der Waals surface area contributed by atoms with Gasteiger partial charge in [0.2, 0.25) is 0 Å². The first-order valence-corrected chi connectivity index (χ1v) is 9.31. The maximum Gasteiger partial charge on any atom is 0.162 e. The minimum Gasteiger partial charge on any atom is -0.493 e. The lowest BCUT2D eigenvalue weighted by Crippen LogP contribution is -2.00. The number of aromatic nitrogens is 1. The van der Waals surface area contributed by atoms with Gasteiger partial charge in [-0.15, -0.1) is 0 Å². The Morgan fingerprint density at radius 3 is 2.42 bits per heavy atom. The summed E-state index contributed by atoms with van der Waals surface area (Å²) in [5, 5.41) is 11.2. The molecule has 0 fully saturated rings. The van der Waals surface area contributed by atoms with Crippen LogP contribution in [0, 0.1) is 3.57 Å². The number of aliphatic hydroxyl groups is 1. The van der Waals surface area contributed by atoms with Crippen LogP contribution in [0.4, 0.5) is 0 Å². The highest BCUT2D eigenvalue weighted by molar-refractivity contribution is 14.1. The molecule has 26 heavy (non-hydrogen) atoms. The Morgan fingerprint density at radius 2 is 1.73 bits per heavy atom. The smallest absolute Gasteiger partial charge is 0.162 e. The normalized spacial score (nSPS) is 12.0. The third-order valence-corrected chi connectivity index (χ3v) is 4.82. The minimum atomic E-state index is -0.581. The Balaban J connectivity index is 2.10. The molecule has 0 amide bonds. The van der Waals surface area contributed by atoms with Crippen molar-refractivity contribution in [3.8, 4) is 23.0 Å². The molecule has 6 heteroatoms. The zero-order valence-electron chi connectivity index (χ0n) is 14.8. The molecule has 0 spiro atoms. The number of hydrogen-bond acceptors (Lipinski definition) is 5. The quantitative estimate of drug-likeness (QED) is 0.514. The van der Waals surface area contributed by atoms with E-state index >= 15 is 0 Å². The third-order valence-electron chi connectivity index (χ3n) is 4.14. The molecule has 5 nitrogen and oxygen atoms in total. The molecule has 3 aromatic rings. The SMILES string of the molecule is CCC(O)c1cc(I)ccc1Oc1ccnc2cc(OC)c(OC)cc12. The number of aliphatic hydroxyl groups excluding tert-OH is 1. The number of hydrogen-bond donors (Lipinski definition) is 1. The van der Waals surface area contributed by atoms with Crippen molar-refractivity contribution in [2.75, 3.05) is 14.2 Å². The first kappa shape index (κ1) is 18.7. The van der Waals surface area contributed by atoms with Gasteiger partial charge in [0.15, 0.2) is 11.5 Å². The van der Waals surface area contributed by atoms with Crippen molar-refractivity contribution in [1.82, 2.24) is 4.98 Å². The summed E-state index contributed by atoms with van der Waals surface area (Å²) in [6.45, 7) is 1.94. The first-order chi connectivity index (χ1) is 12.6. The summed E-state index contributed by atoms with van der Waals surface area (Å²) in [5.41, 5.74) is 1.51. The predicted octanol–water partition coefficient (Wildman–Crippen LogP) is 5.09. The molecule has 0 aliphatic heterocycles. The van der Waals surface area contributed by atoms with Gasteiger partial charge in [-0.25, -0.2) is 0 Å². The Labute approximate surface area is 166 Å². The first-order valence-electron chi connectivity index (χ1n) is 8.23. The van der Waals surface area contributed by atoms with Crippen molar-refractivity contribution in [2.45, 2.75) is 19.4 Å². The van der Waals surface area contributed by atoms with Crippen molar-refractivity contribution in [3.63, 3.8) is 0 Å². The van der Waals surface area contributed by atoms with Crippen LogP contribution in [0.25, 0.3) is 10.9 Å². The topological polar surface area (TPSA) is 60.8 Å². The standard InChI is InChI=1S/C20H20INO4/c1-4-16(23)14-9-12(21)5-6-17(14)26-18-7-8-22-15-11-20(25-3)19(24-2)10-13(15)18/h5-11,16,23H,4H2,1-3H3. The van der Waals surface area contributed by atoms with E-state index in [2.05, 4.69) is 27.6 Å². The summed E-state index contributed by atoms with van der Waals surface area (Å²) in [5.74, 6) is 2.49. The maximum absolute atomic E-state index is 10.3. The average Bonchev–Trinajstić information content (AvgIpc) is 2.67. The summed E-state index contributed by atoms with van der Waals surface area (Å²) >= 11 is 2.23. The van der Waals surface area contributed by atoms with Gasteiger partial charge in [0.05, 0.1) is 25.8 Å². The fourth-order valence-electron chi connectivity index (χ4n) is 2.75. The van der Waals surface area contributed by atoms with Crippen LogP contribution in [0.5, 0.6) is 23.0 Å². The van der Waals surface area contributed by atoms with Crippen LogP contribution >= 0.6 is 22.6 Å². The van der Waals surface area contributed by atoms with Gasteiger partial charge in [-0.05, 0) is 59.3 Å². The number of rotatable bonds is 6. The third kappa shape index (κ3) is 3.71. The molecule has 0 bridgehead atoms. The van der Waals surface area contributed by atoms with E-state index < -0.39 is 6.10 Å². The van der Waals surface area contributed by atoms with Crippen LogP contribution < -0.4 is 14.2 Å². The molecule has 1 aromatic heterocycles. The van der Waals surface area contributed by atoms with Gasteiger partial charge in [-0.1, -0.05) is 6.92 Å². The van der Waals surface area contributed by atoms with Gasteiger partial charge in [0, 0.05) is 26.8 Å². The predicted molar refractivity (Wildman–Crippen MR) is 109 cm³/mol. The fourth-order valence-corrected chi connectivity index (χ4v) is 3.26. The Morgan fingerprint density at radius 1 is 1.00 bits per heavy atom. The van der Waals surface area contributed by atoms with E-state index in [0.717, 1.165) is 20.0 Å². The van der Waals surface area contributed by atoms with E-state index in [-0.39, 0.29) is 0 Å². The number of pyridine rings is 1. The Kier molecular flexibility index (Phi) is 5.83. The van der Waals surface area contributed by atoms with Gasteiger partial charge in [0.25, 0.3) is 0 Å². The number of ether oxygens (including phenoxy) is 3. The van der Waals surface area contributed by atoms with Crippen LogP contribution in [-0.2, 0) is 0 Å². The largest absolute Gasteiger partial charge is 0.493 e. The van der Waals surface area contributed by atoms with Crippen LogP contribution in [-0.4, -0.2) is 24.3 Å². The number of benzene rings is 2. The van der Waals surface area contributed by atoms with E-state index in [1.807, 2.05) is 37.3 Å². The van der Waals surface area contributed by atoms with Gasteiger partial charge in [0.1, 0.15) is 11.5 Å². The summed E-state index contributed by atoms with van der Waals surface area (Å²) < 4.78 is 18.0. The molecular weight excluding hydrogens is 445 g/mol. The molecule has 136 valence electrons. The van der Waals surface area contributed by atoms with E-state index in [9.17, 15) is 5.11 Å². The molecule has 3 rings (SSSR count). The second kappa shape index (κ2) is 8.09. The van der Waals surface area contributed by atoms with Crippen LogP contribution in [0.3, 0.4) is 0 Å². The van der Waals surface area contributed by atoms with Gasteiger partial charge < -0.3 is 19.3 Å². The Hall–Kier alpha value is -2.06. The average molecular weight is 465 g/mol. The zero-order valence-corrected chi connectivity index (χ0v) is 17.0. The van der Waals surface area contributed by atoms with Crippen LogP contribution in [0.2, 0.25) is 0 Å². The van der Waals surface area contributed by atoms with E-state index in [4.69, 9.17) is 14.2 Å². The molecule has 0 radical (unpaired) electrons. The molecule has 1 atom stereocenters. The van der Waals surface area contributed by atoms with E-state index in [1.165, 1.54) is 0 Å². The summed E-state index contributed by atoms with van der Waals surface area (Å²) in [6, 6.07) is 11.2. The van der Waals surface area contributed by atoms with Crippen LogP contribution in [0.1, 0.15) is 25.0 Å². The van der Waals surface area contributed by atoms with Gasteiger partial charge in [-0.3, -0.25) is 4.98 Å². The molecule has 0 saturated carbocycles. The van der Waals surface area contributed by atoms with E-state index in [0.29, 0.717) is 29.4 Å². The summed E-state index contributed by atoms with van der Waals surface area (Å²) in [7, 11) is 3.18. The highest BCUT2D eigenvalue weighted by atomic mass is 127. The van der Waals surface area contributed by atoms with Gasteiger partial charge in [-0.2, -0.15) is 0 Å². The van der Waals surface area contributed by atoms with Crippen molar-refractivity contribution in [2.24, 2.45) is 0 Å². The number of halogens is 1. The monoisotopic (exact) mass is 465 g/mol. The number of nitrogens with zero attached hydrogens (tertiary/aromatic N) is 1. The maximum atomic E-state index is 10.3. The molecular formula is C20H20INO4. The Bertz CT molecular complexity index is 929. The van der Waals surface area contributed by atoms with E-state index in [1.54, 1.807) is 26.5 Å². The molecule has 0 saturated heterocycles. The number of methoxy groups -OCH3 is 2. The second-order valence-corrected chi connectivity index (χ2v) is 6.99. The minimum absolute atomic E-state index is 0.581. The molecule has 0 aliphatic rings. The summed E-state index contributed by atoms with van der Waals surface area (Å²) in [4.78, 5) is 4.39. The second-order valence-electron chi connectivity index (χ2n) is 5.74. The lowest BCUT2D eigenvalue weighted by Gasteiger charge is -2.17. The van der Waals surface area contributed by atoms with Crippen molar-refractivity contribution < 1.29 is 19.3 Å². The van der Waals surface area contributed by atoms with Crippen molar-refractivity contribution in [1.29, 1.82) is 0 Å².